The number of fused-ring (bicyclic) bond motifs is 1. The fraction of sp³-hybridized carbons (Fsp3) is 0.326. The molecule has 0 spiro atoms. The number of amides is 3. The number of nitrogens with one attached hydrogen (secondary N) is 3. The van der Waals surface area contributed by atoms with Gasteiger partial charge in [0.25, 0.3) is 0 Å². The number of carbonyl (C=O) groups excluding carboxylic acids is 5. The Balaban J connectivity index is 1.33. The van der Waals surface area contributed by atoms with Crippen molar-refractivity contribution in [1.82, 2.24) is 20.6 Å². The minimum atomic E-state index is -1.05. The fourth-order valence-corrected chi connectivity index (χ4v) is 7.19. The van der Waals surface area contributed by atoms with Gasteiger partial charge in [-0.15, -0.1) is 0 Å². The van der Waals surface area contributed by atoms with Gasteiger partial charge in [-0.1, -0.05) is 103 Å². The van der Waals surface area contributed by atoms with Crippen LogP contribution in [-0.2, 0) is 49.7 Å². The van der Waals surface area contributed by atoms with Gasteiger partial charge < -0.3 is 32.8 Å². The van der Waals surface area contributed by atoms with Crippen LogP contribution >= 0.6 is 0 Å². The summed E-state index contributed by atoms with van der Waals surface area (Å²) in [5, 5.41) is 7.78. The van der Waals surface area contributed by atoms with Crippen molar-refractivity contribution in [2.24, 2.45) is 34.0 Å². The Bertz CT molecular complexity index is 2170. The van der Waals surface area contributed by atoms with Gasteiger partial charge in [-0.05, 0) is 59.6 Å². The van der Waals surface area contributed by atoms with E-state index in [0.717, 1.165) is 33.9 Å². The zero-order chi connectivity index (χ0) is 42.0. The maximum Gasteiger partial charge on any atom is 0.240 e. The van der Waals surface area contributed by atoms with Crippen LogP contribution in [0.4, 0.5) is 0 Å². The molecule has 1 heterocycles. The molecule has 0 bridgehead atoms. The number of benzene rings is 4. The fourth-order valence-electron chi connectivity index (χ4n) is 7.19. The largest absolute Gasteiger partial charge is 0.370 e. The molecule has 0 saturated carbocycles. The molecular formula is C46H54N8O5. The second-order valence-electron chi connectivity index (χ2n) is 15.0. The van der Waals surface area contributed by atoms with Crippen molar-refractivity contribution in [3.05, 3.63) is 138 Å². The number of hydrogen-bond donors (Lipinski definition) is 6. The van der Waals surface area contributed by atoms with E-state index in [4.69, 9.17) is 17.2 Å². The molecule has 4 aromatic carbocycles. The van der Waals surface area contributed by atoms with E-state index in [9.17, 15) is 24.0 Å². The second-order valence-corrected chi connectivity index (χ2v) is 15.0. The molecule has 9 N–H and O–H groups in total. The summed E-state index contributed by atoms with van der Waals surface area (Å²) in [5.41, 5.74) is 20.3. The van der Waals surface area contributed by atoms with Gasteiger partial charge in [0, 0.05) is 56.5 Å². The number of imidazole rings is 1. The Labute approximate surface area is 344 Å². The number of aromatic nitrogens is 2. The van der Waals surface area contributed by atoms with Crippen LogP contribution in [-0.4, -0.2) is 63.8 Å². The second kappa shape index (κ2) is 22.3. The third kappa shape index (κ3) is 14.4. The summed E-state index contributed by atoms with van der Waals surface area (Å²) in [5.74, 6) is -3.94. The van der Waals surface area contributed by atoms with Crippen molar-refractivity contribution in [1.29, 1.82) is 0 Å². The molecule has 13 nitrogen and oxygen atoms in total. The molecule has 59 heavy (non-hydrogen) atoms. The number of primary amides is 1. The minimum Gasteiger partial charge on any atom is -0.370 e. The molecule has 4 atom stereocenters. The number of carbonyl (C=O) groups is 5. The number of H-pyrrole nitrogens is 1. The quantitative estimate of drug-likeness (QED) is 0.0299. The number of rotatable bonds is 24. The molecule has 0 aliphatic rings. The zero-order valence-corrected chi connectivity index (χ0v) is 33.2. The molecule has 0 aliphatic carbocycles. The first kappa shape index (κ1) is 43.5. The maximum absolute atomic E-state index is 14.4. The van der Waals surface area contributed by atoms with Crippen LogP contribution in [0.3, 0.4) is 0 Å². The summed E-state index contributed by atoms with van der Waals surface area (Å²) in [6, 6.07) is 30.6. The standard InChI is InChI=1S/C46H54N8O5/c47-43(57)41(25-33-20-21-34-16-7-8-17-35(34)23-33)54-44(58)36(18-10-22-51-46(48)49)28-42(56)40(24-32-13-5-2-6-14-32)53-45(59)37(26-38-29-50-30-52-38)27-39(55)19-9-15-31-11-3-1-4-12-31/h1-8,11-14,16-17,20-21,23,29-30,36-37,40-41H,9-10,15,18-19,22,24-28H2,(H2,47,57)(H,50,52)(H,53,59)(H,54,58)(H4,48,49,51)/t36-,37-,40-,41-/m1/s1. The average Bonchev–Trinajstić information content (AvgIpc) is 3.75. The van der Waals surface area contributed by atoms with Gasteiger partial charge in [0.1, 0.15) is 11.8 Å². The van der Waals surface area contributed by atoms with Crippen LogP contribution in [0.25, 0.3) is 10.8 Å². The molecule has 308 valence electrons. The number of aliphatic imine (C=N–C) groups is 1. The third-order valence-electron chi connectivity index (χ3n) is 10.4. The van der Waals surface area contributed by atoms with Gasteiger partial charge in [-0.3, -0.25) is 29.0 Å². The molecule has 0 saturated heterocycles. The van der Waals surface area contributed by atoms with Crippen molar-refractivity contribution in [2.75, 3.05) is 6.54 Å². The van der Waals surface area contributed by atoms with E-state index in [1.807, 2.05) is 103 Å². The maximum atomic E-state index is 14.4. The summed E-state index contributed by atoms with van der Waals surface area (Å²) in [6.07, 6.45) is 5.62. The van der Waals surface area contributed by atoms with Gasteiger partial charge in [0.05, 0.1) is 18.3 Å². The first-order chi connectivity index (χ1) is 28.5. The molecule has 1 aromatic heterocycles. The van der Waals surface area contributed by atoms with E-state index in [0.29, 0.717) is 25.0 Å². The number of ketones is 2. The minimum absolute atomic E-state index is 0.0204. The van der Waals surface area contributed by atoms with Crippen LogP contribution < -0.4 is 27.8 Å². The number of guanidine groups is 1. The summed E-state index contributed by atoms with van der Waals surface area (Å²) in [7, 11) is 0. The van der Waals surface area contributed by atoms with Crippen molar-refractivity contribution in [3.63, 3.8) is 0 Å². The van der Waals surface area contributed by atoms with Gasteiger partial charge in [-0.25, -0.2) is 4.98 Å². The Kier molecular flexibility index (Phi) is 16.5. The van der Waals surface area contributed by atoms with Crippen molar-refractivity contribution in [2.45, 2.75) is 76.3 Å². The predicted octanol–water partition coefficient (Wildman–Crippen LogP) is 4.27. The molecule has 0 radical (unpaired) electrons. The molecule has 0 fully saturated rings. The number of hydrogen-bond acceptors (Lipinski definition) is 7. The highest BCUT2D eigenvalue weighted by Gasteiger charge is 2.32. The molecule has 5 rings (SSSR count). The number of Topliss-reactive ketones (excluding diaryl/α,β-unsaturated/α-hetero) is 2. The van der Waals surface area contributed by atoms with Gasteiger partial charge in [0.2, 0.25) is 17.7 Å². The predicted molar refractivity (Wildman–Crippen MR) is 229 cm³/mol. The summed E-state index contributed by atoms with van der Waals surface area (Å²) < 4.78 is 0. The van der Waals surface area contributed by atoms with Crippen molar-refractivity contribution >= 4 is 46.0 Å². The lowest BCUT2D eigenvalue weighted by molar-refractivity contribution is -0.134. The highest BCUT2D eigenvalue weighted by atomic mass is 16.2. The molecule has 13 heteroatoms. The summed E-state index contributed by atoms with van der Waals surface area (Å²) in [4.78, 5) is 79.7. The highest BCUT2D eigenvalue weighted by Crippen LogP contribution is 2.21. The SMILES string of the molecule is NC(=O)[C@@H](Cc1ccc2ccccc2c1)NC(=O)[C@H](CCCN=C(N)N)CC(=O)[C@@H](Cc1ccccc1)NC(=O)[C@@H](CC(=O)CCCc1ccccc1)Cc1cnc[nH]1. The number of nitrogens with two attached hydrogens (primary N) is 3. The van der Waals surface area contributed by atoms with Gasteiger partial charge in [0.15, 0.2) is 11.7 Å². The first-order valence-electron chi connectivity index (χ1n) is 20.1. The lowest BCUT2D eigenvalue weighted by Crippen LogP contribution is -2.49. The van der Waals surface area contributed by atoms with Crippen LogP contribution in [0.5, 0.6) is 0 Å². The number of aromatic amines is 1. The Morgan fingerprint density at radius 3 is 1.98 bits per heavy atom. The Morgan fingerprint density at radius 2 is 1.31 bits per heavy atom. The van der Waals surface area contributed by atoms with E-state index in [1.54, 1.807) is 6.20 Å². The zero-order valence-electron chi connectivity index (χ0n) is 33.2. The Morgan fingerprint density at radius 1 is 0.661 bits per heavy atom. The van der Waals surface area contributed by atoms with Crippen LogP contribution in [0.1, 0.15) is 60.9 Å². The van der Waals surface area contributed by atoms with Gasteiger partial charge in [-0.2, -0.15) is 0 Å². The van der Waals surface area contributed by atoms with E-state index >= 15 is 0 Å². The smallest absolute Gasteiger partial charge is 0.240 e. The lowest BCUT2D eigenvalue weighted by atomic mass is 9.89. The lowest BCUT2D eigenvalue weighted by Gasteiger charge is -2.25. The highest BCUT2D eigenvalue weighted by molar-refractivity contribution is 5.95. The molecule has 3 amide bonds. The van der Waals surface area contributed by atoms with E-state index in [1.165, 1.54) is 6.33 Å². The Hall–Kier alpha value is -6.63. The average molecular weight is 799 g/mol. The van der Waals surface area contributed by atoms with Gasteiger partial charge >= 0.3 is 0 Å². The van der Waals surface area contributed by atoms with E-state index in [-0.39, 0.29) is 62.6 Å². The summed E-state index contributed by atoms with van der Waals surface area (Å²) in [6.45, 7) is 0.218. The third-order valence-corrected chi connectivity index (χ3v) is 10.4. The summed E-state index contributed by atoms with van der Waals surface area (Å²) >= 11 is 0. The van der Waals surface area contributed by atoms with Crippen LogP contribution in [0.2, 0.25) is 0 Å². The molecule has 0 unspecified atom stereocenters. The topological polar surface area (TPSA) is 229 Å². The molecular weight excluding hydrogens is 745 g/mol. The van der Waals surface area contributed by atoms with Crippen molar-refractivity contribution in [3.8, 4) is 0 Å². The normalized spacial score (nSPS) is 13.1. The molecule has 5 aromatic rings. The van der Waals surface area contributed by atoms with E-state index < -0.39 is 41.6 Å². The van der Waals surface area contributed by atoms with E-state index in [2.05, 4.69) is 25.6 Å². The number of nitrogens with zero attached hydrogens (tertiary/aromatic N) is 2. The monoisotopic (exact) mass is 798 g/mol. The van der Waals surface area contributed by atoms with Crippen LogP contribution in [0.15, 0.2) is 121 Å². The van der Waals surface area contributed by atoms with Crippen molar-refractivity contribution < 1.29 is 24.0 Å². The van der Waals surface area contributed by atoms with Crippen LogP contribution in [0, 0.1) is 11.8 Å². The first-order valence-corrected chi connectivity index (χ1v) is 20.1. The number of aryl methyl sites for hydroxylation is 1. The molecule has 0 aliphatic heterocycles.